The number of halogens is 1. The molecule has 1 fully saturated rings. The fourth-order valence-corrected chi connectivity index (χ4v) is 3.60. The highest BCUT2D eigenvalue weighted by Gasteiger charge is 2.20. The lowest BCUT2D eigenvalue weighted by Gasteiger charge is -2.34. The highest BCUT2D eigenvalue weighted by atomic mass is 35.5. The zero-order valence-electron chi connectivity index (χ0n) is 15.0. The number of hydrogen-bond acceptors (Lipinski definition) is 6. The number of rotatable bonds is 4. The van der Waals surface area contributed by atoms with E-state index >= 15 is 0 Å². The molecule has 1 aliphatic rings. The summed E-state index contributed by atoms with van der Waals surface area (Å²) in [7, 11) is 1.93. The highest BCUT2D eigenvalue weighted by Crippen LogP contribution is 2.26. The predicted octanol–water partition coefficient (Wildman–Crippen LogP) is 2.84. The van der Waals surface area contributed by atoms with Crippen molar-refractivity contribution in [2.24, 2.45) is 7.05 Å². The molecule has 3 aromatic rings. The number of aromatic nitrogens is 5. The average Bonchev–Trinajstić information content (AvgIpc) is 2.98. The molecular weight excluding hydrogens is 382 g/mol. The van der Waals surface area contributed by atoms with Crippen LogP contribution in [0.25, 0.3) is 11.4 Å². The monoisotopic (exact) mass is 401 g/mol. The van der Waals surface area contributed by atoms with Crippen LogP contribution in [0.2, 0.25) is 5.02 Å². The molecule has 0 N–H and O–H groups in total. The van der Waals surface area contributed by atoms with Gasteiger partial charge in [-0.2, -0.15) is 5.10 Å². The first kappa shape index (κ1) is 18.1. The van der Waals surface area contributed by atoms with Gasteiger partial charge in [0.1, 0.15) is 0 Å². The molecule has 0 saturated carbocycles. The van der Waals surface area contributed by atoms with E-state index in [1.165, 1.54) is 0 Å². The van der Waals surface area contributed by atoms with Crippen LogP contribution in [0.1, 0.15) is 0 Å². The number of piperazine rings is 1. The summed E-state index contributed by atoms with van der Waals surface area (Å²) in [5, 5.41) is 5.39. The van der Waals surface area contributed by atoms with E-state index in [1.807, 2.05) is 46.6 Å². The molecule has 140 valence electrons. The Morgan fingerprint density at radius 1 is 1.04 bits per heavy atom. The molecule has 7 nitrogen and oxygen atoms in total. The van der Waals surface area contributed by atoms with E-state index in [1.54, 1.807) is 12.4 Å². The highest BCUT2D eigenvalue weighted by molar-refractivity contribution is 7.71. The van der Waals surface area contributed by atoms with Crippen LogP contribution in [0.4, 0.5) is 5.95 Å². The Morgan fingerprint density at radius 3 is 2.44 bits per heavy atom. The van der Waals surface area contributed by atoms with Crippen LogP contribution in [0.3, 0.4) is 0 Å². The molecule has 0 unspecified atom stereocenters. The summed E-state index contributed by atoms with van der Waals surface area (Å²) in [6.45, 7) is 4.21. The van der Waals surface area contributed by atoms with Gasteiger partial charge in [0.25, 0.3) is 0 Å². The summed E-state index contributed by atoms with van der Waals surface area (Å²) in [5.41, 5.74) is 0.887. The molecular formula is C18H20ClN7S. The van der Waals surface area contributed by atoms with Gasteiger partial charge in [-0.25, -0.2) is 14.6 Å². The third-order valence-electron chi connectivity index (χ3n) is 4.70. The third-order valence-corrected chi connectivity index (χ3v) is 5.51. The maximum atomic E-state index is 6.33. The summed E-state index contributed by atoms with van der Waals surface area (Å²) in [5.74, 6) is 1.56. The van der Waals surface area contributed by atoms with Gasteiger partial charge in [0.05, 0.1) is 11.7 Å². The van der Waals surface area contributed by atoms with Gasteiger partial charge in [-0.05, 0) is 30.4 Å². The Balaban J connectivity index is 1.47. The Hall–Kier alpha value is -2.29. The van der Waals surface area contributed by atoms with Crippen molar-refractivity contribution in [3.8, 4) is 11.4 Å². The topological polar surface area (TPSA) is 55.0 Å². The summed E-state index contributed by atoms with van der Waals surface area (Å²) in [6.07, 6.45) is 3.55. The molecule has 0 atom stereocenters. The average molecular weight is 402 g/mol. The van der Waals surface area contributed by atoms with Crippen LogP contribution in [0, 0.1) is 4.77 Å². The fraction of sp³-hybridized carbons (Fsp3) is 0.333. The van der Waals surface area contributed by atoms with Crippen molar-refractivity contribution in [2.75, 3.05) is 31.1 Å². The zero-order valence-corrected chi connectivity index (χ0v) is 16.6. The third kappa shape index (κ3) is 3.73. The van der Waals surface area contributed by atoms with Gasteiger partial charge in [0, 0.05) is 51.2 Å². The van der Waals surface area contributed by atoms with Gasteiger partial charge < -0.3 is 9.47 Å². The maximum absolute atomic E-state index is 6.33. The van der Waals surface area contributed by atoms with E-state index in [9.17, 15) is 0 Å². The van der Waals surface area contributed by atoms with E-state index in [-0.39, 0.29) is 0 Å². The SMILES string of the molecule is Cn1c(-c2ccccc2Cl)nn(CN2CCN(c3ncccn3)CC2)c1=S. The number of hydrogen-bond donors (Lipinski definition) is 0. The molecule has 0 aliphatic carbocycles. The quantitative estimate of drug-likeness (QED) is 0.626. The molecule has 27 heavy (non-hydrogen) atoms. The van der Waals surface area contributed by atoms with Crippen molar-refractivity contribution >= 4 is 29.8 Å². The van der Waals surface area contributed by atoms with Crippen molar-refractivity contribution in [1.29, 1.82) is 0 Å². The Kier molecular flexibility index (Phi) is 5.20. The van der Waals surface area contributed by atoms with Crippen LogP contribution in [-0.4, -0.2) is 55.4 Å². The van der Waals surface area contributed by atoms with Crippen LogP contribution in [0.15, 0.2) is 42.7 Å². The molecule has 4 rings (SSSR count). The molecule has 0 bridgehead atoms. The standard InChI is InChI=1S/C18H20ClN7S/c1-23-16(14-5-2-3-6-15(14)19)22-26(18(23)27)13-24-9-11-25(12-10-24)17-20-7-4-8-21-17/h2-8H,9-13H2,1H3. The van der Waals surface area contributed by atoms with Gasteiger partial charge in [-0.3, -0.25) is 4.90 Å². The molecule has 3 heterocycles. The molecule has 1 aromatic carbocycles. The first-order valence-corrected chi connectivity index (χ1v) is 9.55. The normalized spacial score (nSPS) is 15.3. The molecule has 1 aliphatic heterocycles. The van der Waals surface area contributed by atoms with Gasteiger partial charge in [0.15, 0.2) is 10.6 Å². The second-order valence-electron chi connectivity index (χ2n) is 6.44. The van der Waals surface area contributed by atoms with Crippen LogP contribution < -0.4 is 4.90 Å². The molecule has 0 amide bonds. The maximum Gasteiger partial charge on any atom is 0.225 e. The van der Waals surface area contributed by atoms with Crippen molar-refractivity contribution < 1.29 is 0 Å². The fourth-order valence-electron chi connectivity index (χ4n) is 3.19. The lowest BCUT2D eigenvalue weighted by atomic mass is 10.2. The first-order chi connectivity index (χ1) is 13.1. The van der Waals surface area contributed by atoms with E-state index in [0.29, 0.717) is 16.5 Å². The van der Waals surface area contributed by atoms with E-state index < -0.39 is 0 Å². The van der Waals surface area contributed by atoms with Crippen LogP contribution >= 0.6 is 23.8 Å². The summed E-state index contributed by atoms with van der Waals surface area (Å²) < 4.78 is 4.45. The van der Waals surface area contributed by atoms with Crippen LogP contribution in [-0.2, 0) is 13.7 Å². The molecule has 1 saturated heterocycles. The van der Waals surface area contributed by atoms with E-state index in [2.05, 4.69) is 19.8 Å². The summed E-state index contributed by atoms with van der Waals surface area (Å²) >= 11 is 11.9. The van der Waals surface area contributed by atoms with Gasteiger partial charge >= 0.3 is 0 Å². The smallest absolute Gasteiger partial charge is 0.225 e. The van der Waals surface area contributed by atoms with Crippen LogP contribution in [0.5, 0.6) is 0 Å². The van der Waals surface area contributed by atoms with Gasteiger partial charge in [-0.1, -0.05) is 23.7 Å². The Labute approximate surface area is 167 Å². The summed E-state index contributed by atoms with van der Waals surface area (Å²) in [6, 6.07) is 9.52. The lowest BCUT2D eigenvalue weighted by Crippen LogP contribution is -2.47. The van der Waals surface area contributed by atoms with E-state index in [4.69, 9.17) is 28.9 Å². The second-order valence-corrected chi connectivity index (χ2v) is 7.21. The molecule has 2 aromatic heterocycles. The van der Waals surface area contributed by atoms with Crippen molar-refractivity contribution in [2.45, 2.75) is 6.67 Å². The Bertz CT molecular complexity index is 977. The number of benzene rings is 1. The van der Waals surface area contributed by atoms with Crippen molar-refractivity contribution in [1.82, 2.24) is 29.2 Å². The van der Waals surface area contributed by atoms with Crippen molar-refractivity contribution in [3.05, 3.63) is 52.5 Å². The molecule has 0 spiro atoms. The zero-order chi connectivity index (χ0) is 18.8. The first-order valence-electron chi connectivity index (χ1n) is 8.76. The minimum absolute atomic E-state index is 0.653. The lowest BCUT2D eigenvalue weighted by molar-refractivity contribution is 0.193. The Morgan fingerprint density at radius 2 is 1.74 bits per heavy atom. The molecule has 9 heteroatoms. The number of anilines is 1. The van der Waals surface area contributed by atoms with E-state index in [0.717, 1.165) is 43.5 Å². The summed E-state index contributed by atoms with van der Waals surface area (Å²) in [4.78, 5) is 13.2. The predicted molar refractivity (Wildman–Crippen MR) is 108 cm³/mol. The number of nitrogens with zero attached hydrogens (tertiary/aromatic N) is 7. The largest absolute Gasteiger partial charge is 0.338 e. The minimum Gasteiger partial charge on any atom is -0.338 e. The minimum atomic E-state index is 0.653. The van der Waals surface area contributed by atoms with Gasteiger partial charge in [-0.15, -0.1) is 0 Å². The second kappa shape index (κ2) is 7.75. The van der Waals surface area contributed by atoms with Crippen molar-refractivity contribution in [3.63, 3.8) is 0 Å². The molecule has 0 radical (unpaired) electrons. The van der Waals surface area contributed by atoms with Gasteiger partial charge in [0.2, 0.25) is 5.95 Å².